The summed E-state index contributed by atoms with van der Waals surface area (Å²) in [6.07, 6.45) is 12.7. The molecule has 0 aromatic heterocycles. The molecule has 6 heteroatoms. The van der Waals surface area contributed by atoms with Crippen LogP contribution in [-0.4, -0.2) is 99.1 Å². The van der Waals surface area contributed by atoms with E-state index in [-0.39, 0.29) is 23.3 Å². The van der Waals surface area contributed by atoms with Crippen molar-refractivity contribution in [1.82, 2.24) is 0 Å². The highest BCUT2D eigenvalue weighted by atomic mass is 16.5. The summed E-state index contributed by atoms with van der Waals surface area (Å²) in [5.41, 5.74) is 10.1. The summed E-state index contributed by atoms with van der Waals surface area (Å²) in [6, 6.07) is 21.6. The van der Waals surface area contributed by atoms with Crippen molar-refractivity contribution in [2.75, 3.05) is 63.3 Å². The maximum Gasteiger partial charge on any atom is 0.135 e. The van der Waals surface area contributed by atoms with Gasteiger partial charge in [0.2, 0.25) is 0 Å². The van der Waals surface area contributed by atoms with Gasteiger partial charge in [0.05, 0.1) is 63.3 Å². The van der Waals surface area contributed by atoms with E-state index < -0.39 is 0 Å². The van der Waals surface area contributed by atoms with Crippen LogP contribution in [0.4, 0.5) is 11.4 Å². The topological polar surface area (TPSA) is 24.9 Å². The van der Waals surface area contributed by atoms with Crippen molar-refractivity contribution in [2.45, 2.75) is 86.0 Å². The molecule has 13 rings (SSSR count). The van der Waals surface area contributed by atoms with Gasteiger partial charge in [-0.15, -0.1) is 0 Å². The van der Waals surface area contributed by atoms with Crippen molar-refractivity contribution in [3.05, 3.63) is 83.0 Å². The normalized spacial score (nSPS) is 54.3. The average Bonchev–Trinajstić information content (AvgIpc) is 3.77. The van der Waals surface area contributed by atoms with Crippen molar-refractivity contribution in [3.8, 4) is 0 Å². The smallest absolute Gasteiger partial charge is 0.135 e. The van der Waals surface area contributed by atoms with Gasteiger partial charge in [-0.1, -0.05) is 48.6 Å². The minimum absolute atomic E-state index is 0.0818. The molecule has 48 heavy (non-hydrogen) atoms. The van der Waals surface area contributed by atoms with Crippen LogP contribution in [0.1, 0.15) is 49.7 Å². The summed E-state index contributed by atoms with van der Waals surface area (Å²) in [5, 5.41) is 0. The van der Waals surface area contributed by atoms with Gasteiger partial charge >= 0.3 is 0 Å². The maximum absolute atomic E-state index is 7.53. The van der Waals surface area contributed by atoms with Crippen LogP contribution < -0.4 is 9.80 Å². The first kappa shape index (κ1) is 27.1. The lowest BCUT2D eigenvalue weighted by molar-refractivity contribution is -0.925. The van der Waals surface area contributed by atoms with Gasteiger partial charge in [-0.2, -0.15) is 0 Å². The Balaban J connectivity index is 1.15. The number of benzene rings is 2. The third-order valence-corrected chi connectivity index (χ3v) is 17.3. The summed E-state index contributed by atoms with van der Waals surface area (Å²) in [7, 11) is 5.24. The van der Waals surface area contributed by atoms with Crippen LogP contribution in [0.3, 0.4) is 0 Å². The molecule has 4 bridgehead atoms. The summed E-state index contributed by atoms with van der Waals surface area (Å²) >= 11 is 0. The van der Waals surface area contributed by atoms with Crippen LogP contribution >= 0.6 is 0 Å². The van der Waals surface area contributed by atoms with E-state index in [2.05, 4.69) is 84.6 Å². The van der Waals surface area contributed by atoms with E-state index in [9.17, 15) is 0 Å². The molecule has 2 aliphatic carbocycles. The van der Waals surface area contributed by atoms with Crippen LogP contribution in [0.5, 0.6) is 0 Å². The molecule has 9 aliphatic heterocycles. The van der Waals surface area contributed by atoms with Crippen molar-refractivity contribution >= 4 is 11.4 Å². The first-order valence-electron chi connectivity index (χ1n) is 19.5. The molecule has 2 aromatic carbocycles. The Morgan fingerprint density at radius 1 is 0.646 bits per heavy atom. The Morgan fingerprint density at radius 2 is 1.10 bits per heavy atom. The second-order valence-electron chi connectivity index (χ2n) is 18.6. The second-order valence-corrected chi connectivity index (χ2v) is 18.6. The molecule has 2 aromatic rings. The van der Waals surface area contributed by atoms with Gasteiger partial charge in [0.15, 0.2) is 0 Å². The molecule has 2 spiro atoms. The standard InChI is InChI=1S/C42H50N4O2/c1-45-17-15-41-29-11-3-5-13-31(29)43-37(41)35-27(21-33(41)45)25(23-45)9-7-19-47-39(35)44-32-14-6-4-12-30(32)42-16-18-46(2)24-26-10-8-20-48-40(43)36(38(42)44)28(26)22-34(42)46/h3-6,9-14,27-28,33-40H,7-8,15-24H2,1-2H3/q+2/b25-9-,26-10-/t27?,28?,33?,34?,35?,36?,37?,38?,39?,40?,41-,42-,45+,46+/m1/s1. The van der Waals surface area contributed by atoms with Gasteiger partial charge in [0.25, 0.3) is 0 Å². The molecule has 10 unspecified atom stereocenters. The Labute approximate surface area is 285 Å². The number of hydrogen-bond acceptors (Lipinski definition) is 4. The van der Waals surface area contributed by atoms with Gasteiger partial charge in [0.1, 0.15) is 37.6 Å². The molecule has 9 heterocycles. The van der Waals surface area contributed by atoms with Crippen LogP contribution in [0.2, 0.25) is 0 Å². The molecule has 6 nitrogen and oxygen atoms in total. The monoisotopic (exact) mass is 642 g/mol. The molecule has 11 aliphatic rings. The number of nitrogens with zero attached hydrogens (tertiary/aromatic N) is 4. The minimum atomic E-state index is 0.0818. The summed E-state index contributed by atoms with van der Waals surface area (Å²) in [5.74, 6) is 1.95. The van der Waals surface area contributed by atoms with Gasteiger partial charge in [-0.25, -0.2) is 0 Å². The van der Waals surface area contributed by atoms with Crippen LogP contribution in [0.25, 0.3) is 0 Å². The first-order valence-corrected chi connectivity index (χ1v) is 19.5. The zero-order valence-corrected chi connectivity index (χ0v) is 28.6. The lowest BCUT2D eigenvalue weighted by atomic mass is 9.52. The molecule has 248 valence electrons. The number of para-hydroxylation sites is 2. The number of hydrogen-bond donors (Lipinski definition) is 0. The predicted molar refractivity (Wildman–Crippen MR) is 185 cm³/mol. The molecule has 14 atom stereocenters. The molecule has 0 amide bonds. The molecule has 0 radical (unpaired) electrons. The number of anilines is 2. The maximum atomic E-state index is 7.53. The van der Waals surface area contributed by atoms with Crippen molar-refractivity contribution in [1.29, 1.82) is 0 Å². The minimum Gasteiger partial charge on any atom is -0.358 e. The molecular formula is C42H50N4O2+2. The molecule has 0 N–H and O–H groups in total. The van der Waals surface area contributed by atoms with E-state index in [1.165, 1.54) is 72.2 Å². The van der Waals surface area contributed by atoms with Crippen molar-refractivity contribution in [2.24, 2.45) is 23.7 Å². The second kappa shape index (κ2) is 8.45. The van der Waals surface area contributed by atoms with Gasteiger partial charge in [-0.3, -0.25) is 0 Å². The highest BCUT2D eigenvalue weighted by Crippen LogP contribution is 2.72. The number of ether oxygens (including phenoxy) is 2. The van der Waals surface area contributed by atoms with Crippen LogP contribution in [-0.2, 0) is 20.3 Å². The Bertz CT molecular complexity index is 1740. The first-order chi connectivity index (χ1) is 23.5. The number of rotatable bonds is 0. The SMILES string of the molecule is C[N@+]12CC[C@@]34c5ccccc5N5C6OCC/C=C7/C[N@+]8(C)CC[C@]9%10c%11ccccc%11N(C%11OCC/C=C(/C1)C(CC32)C%11C54)C9C6C7CC%108. The highest BCUT2D eigenvalue weighted by Gasteiger charge is 2.80. The number of piperidine rings is 2. The van der Waals surface area contributed by atoms with Gasteiger partial charge in [0, 0.05) is 60.7 Å². The van der Waals surface area contributed by atoms with Crippen LogP contribution in [0.15, 0.2) is 71.8 Å². The summed E-state index contributed by atoms with van der Waals surface area (Å²) < 4.78 is 17.5. The quantitative estimate of drug-likeness (QED) is 0.287. The lowest BCUT2D eigenvalue weighted by Crippen LogP contribution is -2.78. The Hall–Kier alpha value is -2.64. The molecule has 5 saturated heterocycles. The average molecular weight is 643 g/mol. The number of quaternary nitrogens is 2. The fourth-order valence-corrected chi connectivity index (χ4v) is 16.1. The third kappa shape index (κ3) is 2.71. The van der Waals surface area contributed by atoms with Crippen molar-refractivity contribution < 1.29 is 18.4 Å². The zero-order valence-electron chi connectivity index (χ0n) is 28.6. The van der Waals surface area contributed by atoms with E-state index in [1.54, 1.807) is 22.3 Å². The van der Waals surface area contributed by atoms with Gasteiger partial charge < -0.3 is 28.2 Å². The summed E-state index contributed by atoms with van der Waals surface area (Å²) in [4.78, 5) is 6.02. The van der Waals surface area contributed by atoms with E-state index in [1.807, 2.05) is 0 Å². The van der Waals surface area contributed by atoms with E-state index in [4.69, 9.17) is 9.47 Å². The molecule has 7 fully saturated rings. The number of fused-ring (bicyclic) bond motifs is 6. The Kier molecular flexibility index (Phi) is 4.77. The van der Waals surface area contributed by atoms with Crippen LogP contribution in [0, 0.1) is 23.7 Å². The Morgan fingerprint density at radius 3 is 1.58 bits per heavy atom. The zero-order chi connectivity index (χ0) is 31.4. The predicted octanol–water partition coefficient (Wildman–Crippen LogP) is 5.34. The van der Waals surface area contributed by atoms with E-state index in [0.717, 1.165) is 26.1 Å². The van der Waals surface area contributed by atoms with Crippen molar-refractivity contribution in [3.63, 3.8) is 0 Å². The highest BCUT2D eigenvalue weighted by molar-refractivity contribution is 5.71. The molecule has 2 saturated carbocycles. The van der Waals surface area contributed by atoms with Gasteiger partial charge in [-0.05, 0) is 47.2 Å². The van der Waals surface area contributed by atoms with E-state index in [0.29, 0.717) is 47.8 Å². The fourth-order valence-electron chi connectivity index (χ4n) is 16.1. The molecular weight excluding hydrogens is 592 g/mol. The summed E-state index contributed by atoms with van der Waals surface area (Å²) in [6.45, 7) is 6.68. The lowest BCUT2D eigenvalue weighted by Gasteiger charge is -2.66. The largest absolute Gasteiger partial charge is 0.358 e. The third-order valence-electron chi connectivity index (χ3n) is 17.3. The fraction of sp³-hybridized carbons (Fsp3) is 0.619. The van der Waals surface area contributed by atoms with E-state index >= 15 is 0 Å². The number of likely N-dealkylation sites (N-methyl/N-ethyl adjacent to an activating group) is 2.